The molecule has 0 aliphatic rings. The van der Waals surface area contributed by atoms with Crippen LogP contribution in [0.2, 0.25) is 0 Å². The Bertz CT molecular complexity index is 1090. The number of fused-ring (bicyclic) bond motifs is 1. The zero-order chi connectivity index (χ0) is 20.1. The van der Waals surface area contributed by atoms with E-state index in [1.54, 1.807) is 18.9 Å². The first-order valence-corrected chi connectivity index (χ1v) is 10.2. The summed E-state index contributed by atoms with van der Waals surface area (Å²) in [4.78, 5) is 0. The van der Waals surface area contributed by atoms with E-state index in [9.17, 15) is 0 Å². The molecule has 0 saturated carbocycles. The minimum absolute atomic E-state index is 0.520. The van der Waals surface area contributed by atoms with Crippen LogP contribution in [-0.2, 0) is 6.54 Å². The molecule has 0 aliphatic carbocycles. The summed E-state index contributed by atoms with van der Waals surface area (Å²) in [6.07, 6.45) is 1.82. The van der Waals surface area contributed by atoms with Crippen LogP contribution in [0, 0.1) is 0 Å². The van der Waals surface area contributed by atoms with Crippen molar-refractivity contribution >= 4 is 22.7 Å². The average Bonchev–Trinajstić information content (AvgIpc) is 3.35. The first-order chi connectivity index (χ1) is 14.3. The van der Waals surface area contributed by atoms with Gasteiger partial charge < -0.3 is 13.9 Å². The van der Waals surface area contributed by atoms with Crippen molar-refractivity contribution in [3.63, 3.8) is 0 Å². The summed E-state index contributed by atoms with van der Waals surface area (Å²) in [6, 6.07) is 17.5. The second-order valence-electron chi connectivity index (χ2n) is 6.20. The summed E-state index contributed by atoms with van der Waals surface area (Å²) in [7, 11) is 1.63. The van der Waals surface area contributed by atoms with Crippen molar-refractivity contribution in [2.75, 3.05) is 19.5 Å². The lowest BCUT2D eigenvalue weighted by Gasteiger charge is -2.10. The molecule has 148 valence electrons. The number of methoxy groups -OCH3 is 1. The fraction of sp³-hybridized carbons (Fsp3) is 0.182. The summed E-state index contributed by atoms with van der Waals surface area (Å²) in [5, 5.41) is 10.5. The molecule has 0 N–H and O–H groups in total. The number of hydrogen-bond acceptors (Lipinski definition) is 6. The molecule has 0 amide bonds. The lowest BCUT2D eigenvalue weighted by atomic mass is 10.2. The maximum Gasteiger partial charge on any atom is 0.200 e. The second kappa shape index (κ2) is 8.87. The third-order valence-electron chi connectivity index (χ3n) is 4.32. The van der Waals surface area contributed by atoms with E-state index in [4.69, 9.17) is 13.9 Å². The van der Waals surface area contributed by atoms with Crippen LogP contribution in [0.4, 0.5) is 0 Å². The average molecular weight is 407 g/mol. The first-order valence-electron chi connectivity index (χ1n) is 9.22. The van der Waals surface area contributed by atoms with Gasteiger partial charge in [-0.3, -0.25) is 4.57 Å². The molecule has 29 heavy (non-hydrogen) atoms. The van der Waals surface area contributed by atoms with E-state index in [0.717, 1.165) is 27.6 Å². The van der Waals surface area contributed by atoms with Gasteiger partial charge in [0.1, 0.15) is 5.58 Å². The molecule has 0 radical (unpaired) electrons. The molecule has 2 aromatic carbocycles. The number of para-hydroxylation sites is 3. The van der Waals surface area contributed by atoms with Crippen molar-refractivity contribution < 1.29 is 13.9 Å². The van der Waals surface area contributed by atoms with Gasteiger partial charge in [0.25, 0.3) is 0 Å². The SMILES string of the molecule is C=CCn1c(SCCOc2ccccc2OC)nnc1-c1cc2ccccc2o1. The summed E-state index contributed by atoms with van der Waals surface area (Å²) in [5.74, 6) is 3.55. The van der Waals surface area contributed by atoms with Crippen LogP contribution in [0.1, 0.15) is 0 Å². The topological polar surface area (TPSA) is 62.3 Å². The largest absolute Gasteiger partial charge is 0.493 e. The molecule has 0 fully saturated rings. The second-order valence-corrected chi connectivity index (χ2v) is 7.26. The molecule has 7 heteroatoms. The fourth-order valence-corrected chi connectivity index (χ4v) is 3.75. The molecule has 0 saturated heterocycles. The Labute approximate surface area is 173 Å². The fourth-order valence-electron chi connectivity index (χ4n) is 2.99. The summed E-state index contributed by atoms with van der Waals surface area (Å²) in [5.41, 5.74) is 0.829. The van der Waals surface area contributed by atoms with Crippen molar-refractivity contribution in [1.29, 1.82) is 0 Å². The minimum Gasteiger partial charge on any atom is -0.493 e. The Balaban J connectivity index is 1.47. The highest BCUT2D eigenvalue weighted by atomic mass is 32.2. The smallest absolute Gasteiger partial charge is 0.200 e. The van der Waals surface area contributed by atoms with Gasteiger partial charge in [0.05, 0.1) is 13.7 Å². The van der Waals surface area contributed by atoms with Gasteiger partial charge in [0, 0.05) is 17.7 Å². The molecule has 0 aliphatic heterocycles. The molecular formula is C22H21N3O3S. The van der Waals surface area contributed by atoms with Gasteiger partial charge in [-0.05, 0) is 24.3 Å². The van der Waals surface area contributed by atoms with Crippen LogP contribution in [0.5, 0.6) is 11.5 Å². The molecule has 2 aromatic heterocycles. The van der Waals surface area contributed by atoms with Crippen LogP contribution < -0.4 is 9.47 Å². The molecule has 0 spiro atoms. The van der Waals surface area contributed by atoms with Crippen molar-refractivity contribution in [2.24, 2.45) is 0 Å². The molecule has 0 bridgehead atoms. The molecule has 4 aromatic rings. The highest BCUT2D eigenvalue weighted by molar-refractivity contribution is 7.99. The Morgan fingerprint density at radius 3 is 2.69 bits per heavy atom. The van der Waals surface area contributed by atoms with Crippen molar-refractivity contribution in [3.8, 4) is 23.1 Å². The number of allylic oxidation sites excluding steroid dienone is 1. The predicted octanol–water partition coefficient (Wildman–Crippen LogP) is 5.06. The quantitative estimate of drug-likeness (QED) is 0.220. The van der Waals surface area contributed by atoms with Gasteiger partial charge in [0.15, 0.2) is 22.4 Å². The Kier molecular flexibility index (Phi) is 5.86. The Hall–Kier alpha value is -3.19. The van der Waals surface area contributed by atoms with Crippen LogP contribution in [0.15, 0.2) is 76.8 Å². The third kappa shape index (κ3) is 4.14. The maximum atomic E-state index is 5.96. The van der Waals surface area contributed by atoms with Crippen molar-refractivity contribution in [1.82, 2.24) is 14.8 Å². The third-order valence-corrected chi connectivity index (χ3v) is 5.25. The van der Waals surface area contributed by atoms with E-state index in [1.807, 2.05) is 65.2 Å². The predicted molar refractivity (Wildman–Crippen MR) is 115 cm³/mol. The molecule has 2 heterocycles. The first kappa shape index (κ1) is 19.1. The zero-order valence-electron chi connectivity index (χ0n) is 16.1. The number of aromatic nitrogens is 3. The molecular weight excluding hydrogens is 386 g/mol. The van der Waals surface area contributed by atoms with E-state index >= 15 is 0 Å². The van der Waals surface area contributed by atoms with E-state index in [0.29, 0.717) is 30.5 Å². The molecule has 0 unspecified atom stereocenters. The van der Waals surface area contributed by atoms with E-state index in [1.165, 1.54) is 0 Å². The summed E-state index contributed by atoms with van der Waals surface area (Å²) in [6.45, 7) is 4.97. The molecule has 0 atom stereocenters. The van der Waals surface area contributed by atoms with Gasteiger partial charge in [0.2, 0.25) is 5.82 Å². The van der Waals surface area contributed by atoms with E-state index < -0.39 is 0 Å². The van der Waals surface area contributed by atoms with Crippen LogP contribution in [0.3, 0.4) is 0 Å². The van der Waals surface area contributed by atoms with E-state index in [-0.39, 0.29) is 0 Å². The maximum absolute atomic E-state index is 5.96. The number of nitrogens with zero attached hydrogens (tertiary/aromatic N) is 3. The molecule has 6 nitrogen and oxygen atoms in total. The highest BCUT2D eigenvalue weighted by Gasteiger charge is 2.17. The van der Waals surface area contributed by atoms with Crippen molar-refractivity contribution in [3.05, 3.63) is 67.3 Å². The highest BCUT2D eigenvalue weighted by Crippen LogP contribution is 2.30. The minimum atomic E-state index is 0.520. The standard InChI is InChI=1S/C22H21N3O3S/c1-3-12-25-21(20-15-16-8-4-5-9-17(16)28-20)23-24-22(25)29-14-13-27-19-11-7-6-10-18(19)26-2/h3-11,15H,1,12-14H2,2H3. The lowest BCUT2D eigenvalue weighted by Crippen LogP contribution is -2.04. The number of hydrogen-bond donors (Lipinski definition) is 0. The van der Waals surface area contributed by atoms with Gasteiger partial charge in [-0.25, -0.2) is 0 Å². The van der Waals surface area contributed by atoms with Gasteiger partial charge in [-0.15, -0.1) is 16.8 Å². The summed E-state index contributed by atoms with van der Waals surface area (Å²) < 4.78 is 19.1. The normalized spacial score (nSPS) is 10.9. The number of benzene rings is 2. The Morgan fingerprint density at radius 2 is 1.90 bits per heavy atom. The van der Waals surface area contributed by atoms with Crippen molar-refractivity contribution in [2.45, 2.75) is 11.7 Å². The van der Waals surface area contributed by atoms with Gasteiger partial charge in [-0.1, -0.05) is 48.2 Å². The molecule has 4 rings (SSSR count). The number of furan rings is 1. The lowest BCUT2D eigenvalue weighted by molar-refractivity contribution is 0.313. The number of rotatable bonds is 9. The van der Waals surface area contributed by atoms with Gasteiger partial charge in [-0.2, -0.15) is 0 Å². The van der Waals surface area contributed by atoms with Gasteiger partial charge >= 0.3 is 0 Å². The van der Waals surface area contributed by atoms with Crippen LogP contribution in [-0.4, -0.2) is 34.2 Å². The Morgan fingerprint density at radius 1 is 1.10 bits per heavy atom. The van der Waals surface area contributed by atoms with Crippen LogP contribution in [0.25, 0.3) is 22.6 Å². The zero-order valence-corrected chi connectivity index (χ0v) is 16.9. The number of ether oxygens (including phenoxy) is 2. The number of thioether (sulfide) groups is 1. The monoisotopic (exact) mass is 407 g/mol. The van der Waals surface area contributed by atoms with Crippen LogP contribution >= 0.6 is 11.8 Å². The van der Waals surface area contributed by atoms with E-state index in [2.05, 4.69) is 16.8 Å². The summed E-state index contributed by atoms with van der Waals surface area (Å²) >= 11 is 1.58.